The van der Waals surface area contributed by atoms with E-state index in [1.54, 1.807) is 0 Å². The Morgan fingerprint density at radius 3 is 2.60 bits per heavy atom. The van der Waals surface area contributed by atoms with Crippen LogP contribution in [0.25, 0.3) is 0 Å². The third-order valence-electron chi connectivity index (χ3n) is 3.54. The van der Waals surface area contributed by atoms with Gasteiger partial charge in [0.1, 0.15) is 5.78 Å². The van der Waals surface area contributed by atoms with Gasteiger partial charge in [-0.25, -0.2) is 0 Å². The maximum Gasteiger partial charge on any atom is 0.135 e. The number of likely N-dealkylation sites (tertiary alicyclic amines) is 1. The van der Waals surface area contributed by atoms with Crippen molar-refractivity contribution in [1.29, 1.82) is 0 Å². The van der Waals surface area contributed by atoms with Crippen LogP contribution in [0.4, 0.5) is 0 Å². The normalized spacial score (nSPS) is 32.9. The highest BCUT2D eigenvalue weighted by atomic mass is 16.5. The average molecular weight is 211 g/mol. The van der Waals surface area contributed by atoms with Crippen LogP contribution in [-0.4, -0.2) is 42.0 Å². The van der Waals surface area contributed by atoms with E-state index in [9.17, 15) is 4.79 Å². The second-order valence-corrected chi connectivity index (χ2v) is 5.33. The fourth-order valence-electron chi connectivity index (χ4n) is 2.65. The van der Waals surface area contributed by atoms with Crippen LogP contribution in [0.3, 0.4) is 0 Å². The number of ether oxygens (including phenoxy) is 1. The lowest BCUT2D eigenvalue weighted by Crippen LogP contribution is -2.48. The van der Waals surface area contributed by atoms with E-state index < -0.39 is 0 Å². The average Bonchev–Trinajstić information content (AvgIpc) is 2.17. The number of carbonyl (C=O) groups is 1. The maximum atomic E-state index is 11.2. The lowest BCUT2D eigenvalue weighted by atomic mass is 9.91. The minimum Gasteiger partial charge on any atom is -0.375 e. The van der Waals surface area contributed by atoms with Crippen LogP contribution >= 0.6 is 0 Å². The minimum absolute atomic E-state index is 0.0182. The number of Topliss-reactive ketones (excluding diaryl/α,β-unsaturated/α-hetero) is 1. The number of hydrogen-bond acceptors (Lipinski definition) is 3. The van der Waals surface area contributed by atoms with Gasteiger partial charge in [0.2, 0.25) is 0 Å². The van der Waals surface area contributed by atoms with E-state index in [1.807, 2.05) is 0 Å². The lowest BCUT2D eigenvalue weighted by molar-refractivity contribution is -0.124. The first-order chi connectivity index (χ1) is 7.07. The number of hydrogen-bond donors (Lipinski definition) is 0. The smallest absolute Gasteiger partial charge is 0.135 e. The molecule has 2 rings (SSSR count). The summed E-state index contributed by atoms with van der Waals surface area (Å²) >= 11 is 0. The predicted octanol–water partition coefficient (Wildman–Crippen LogP) is 1.61. The summed E-state index contributed by atoms with van der Waals surface area (Å²) in [6.45, 7) is 7.10. The van der Waals surface area contributed by atoms with Gasteiger partial charge in [-0.05, 0) is 26.7 Å². The van der Waals surface area contributed by atoms with Crippen molar-refractivity contribution >= 4 is 5.78 Å². The van der Waals surface area contributed by atoms with E-state index in [0.29, 0.717) is 11.8 Å². The number of rotatable bonds is 1. The van der Waals surface area contributed by atoms with Crippen molar-refractivity contribution in [2.45, 2.75) is 51.2 Å². The number of carbonyl (C=O) groups excluding carboxylic acids is 1. The van der Waals surface area contributed by atoms with E-state index in [1.165, 1.54) is 0 Å². The molecule has 2 aliphatic rings. The Kier molecular flexibility index (Phi) is 3.12. The highest BCUT2D eigenvalue weighted by Gasteiger charge is 2.33. The molecule has 1 unspecified atom stereocenters. The van der Waals surface area contributed by atoms with Gasteiger partial charge in [0.25, 0.3) is 0 Å². The first-order valence-corrected chi connectivity index (χ1v) is 5.96. The molecule has 3 heteroatoms. The molecule has 0 saturated carbocycles. The highest BCUT2D eigenvalue weighted by Crippen LogP contribution is 2.28. The predicted molar refractivity (Wildman–Crippen MR) is 58.9 cm³/mol. The second-order valence-electron chi connectivity index (χ2n) is 5.33. The standard InChI is InChI=1S/C12H21NO2/c1-12(2)9-10(5-8-15-12)13-6-3-11(14)4-7-13/h10H,3-9H2,1-2H3. The molecule has 2 fully saturated rings. The van der Waals surface area contributed by atoms with Crippen molar-refractivity contribution in [2.75, 3.05) is 19.7 Å². The molecule has 86 valence electrons. The molecular weight excluding hydrogens is 190 g/mol. The van der Waals surface area contributed by atoms with Crippen LogP contribution in [0.5, 0.6) is 0 Å². The van der Waals surface area contributed by atoms with Crippen molar-refractivity contribution in [2.24, 2.45) is 0 Å². The third-order valence-corrected chi connectivity index (χ3v) is 3.54. The molecule has 0 aromatic heterocycles. The maximum absolute atomic E-state index is 11.2. The Morgan fingerprint density at radius 1 is 1.33 bits per heavy atom. The fraction of sp³-hybridized carbons (Fsp3) is 0.917. The van der Waals surface area contributed by atoms with Gasteiger partial charge in [-0.15, -0.1) is 0 Å². The van der Waals surface area contributed by atoms with Gasteiger partial charge in [-0.3, -0.25) is 9.69 Å². The SMILES string of the molecule is CC1(C)CC(N2CCC(=O)CC2)CCO1. The molecule has 2 aliphatic heterocycles. The Morgan fingerprint density at radius 2 is 2.00 bits per heavy atom. The van der Waals surface area contributed by atoms with Crippen LogP contribution in [-0.2, 0) is 9.53 Å². The molecule has 3 nitrogen and oxygen atoms in total. The van der Waals surface area contributed by atoms with Crippen LogP contribution in [0.15, 0.2) is 0 Å². The van der Waals surface area contributed by atoms with Crippen molar-refractivity contribution in [3.63, 3.8) is 0 Å². The Balaban J connectivity index is 1.90. The van der Waals surface area contributed by atoms with E-state index in [4.69, 9.17) is 4.74 Å². The summed E-state index contributed by atoms with van der Waals surface area (Å²) < 4.78 is 5.71. The molecule has 0 N–H and O–H groups in total. The largest absolute Gasteiger partial charge is 0.375 e. The Labute approximate surface area is 91.8 Å². The molecule has 2 saturated heterocycles. The van der Waals surface area contributed by atoms with Crippen molar-refractivity contribution in [3.8, 4) is 0 Å². The summed E-state index contributed by atoms with van der Waals surface area (Å²) in [4.78, 5) is 13.6. The molecule has 0 aromatic rings. The van der Waals surface area contributed by atoms with Gasteiger partial charge in [0.15, 0.2) is 0 Å². The summed E-state index contributed by atoms with van der Waals surface area (Å²) in [5.41, 5.74) is 0.0182. The molecule has 0 bridgehead atoms. The lowest BCUT2D eigenvalue weighted by Gasteiger charge is -2.42. The van der Waals surface area contributed by atoms with Crippen LogP contribution < -0.4 is 0 Å². The van der Waals surface area contributed by atoms with Crippen LogP contribution in [0, 0.1) is 0 Å². The molecule has 1 atom stereocenters. The van der Waals surface area contributed by atoms with E-state index >= 15 is 0 Å². The molecule has 0 amide bonds. The molecular formula is C12H21NO2. The molecule has 2 heterocycles. The van der Waals surface area contributed by atoms with Crippen molar-refractivity contribution < 1.29 is 9.53 Å². The molecule has 0 aliphatic carbocycles. The van der Waals surface area contributed by atoms with Crippen molar-refractivity contribution in [1.82, 2.24) is 4.90 Å². The Bertz CT molecular complexity index is 240. The molecule has 0 spiro atoms. The van der Waals surface area contributed by atoms with Gasteiger partial charge in [0.05, 0.1) is 5.60 Å². The zero-order valence-electron chi connectivity index (χ0n) is 9.79. The third kappa shape index (κ3) is 2.79. The van der Waals surface area contributed by atoms with Gasteiger partial charge in [0, 0.05) is 38.6 Å². The van der Waals surface area contributed by atoms with Gasteiger partial charge < -0.3 is 4.74 Å². The molecule has 15 heavy (non-hydrogen) atoms. The van der Waals surface area contributed by atoms with Crippen LogP contribution in [0.1, 0.15) is 39.5 Å². The fourth-order valence-corrected chi connectivity index (χ4v) is 2.65. The highest BCUT2D eigenvalue weighted by molar-refractivity contribution is 5.79. The summed E-state index contributed by atoms with van der Waals surface area (Å²) in [5.74, 6) is 0.428. The summed E-state index contributed by atoms with van der Waals surface area (Å²) in [6, 6.07) is 0.627. The van der Waals surface area contributed by atoms with E-state index in [-0.39, 0.29) is 5.60 Å². The summed E-state index contributed by atoms with van der Waals surface area (Å²) in [7, 11) is 0. The quantitative estimate of drug-likeness (QED) is 0.660. The Hall–Kier alpha value is -0.410. The number of ketones is 1. The monoisotopic (exact) mass is 211 g/mol. The van der Waals surface area contributed by atoms with Crippen molar-refractivity contribution in [3.05, 3.63) is 0 Å². The number of piperidine rings is 1. The zero-order chi connectivity index (χ0) is 10.9. The second kappa shape index (κ2) is 4.22. The van der Waals surface area contributed by atoms with Gasteiger partial charge in [-0.1, -0.05) is 0 Å². The first kappa shape index (κ1) is 11.1. The summed E-state index contributed by atoms with van der Waals surface area (Å²) in [5, 5.41) is 0. The minimum atomic E-state index is 0.0182. The van der Waals surface area contributed by atoms with Gasteiger partial charge >= 0.3 is 0 Å². The van der Waals surface area contributed by atoms with Crippen LogP contribution in [0.2, 0.25) is 0 Å². The summed E-state index contributed by atoms with van der Waals surface area (Å²) in [6.07, 6.45) is 3.72. The van der Waals surface area contributed by atoms with E-state index in [0.717, 1.165) is 45.4 Å². The molecule has 0 radical (unpaired) electrons. The molecule has 0 aromatic carbocycles. The zero-order valence-corrected chi connectivity index (χ0v) is 9.79. The first-order valence-electron chi connectivity index (χ1n) is 5.96. The van der Waals surface area contributed by atoms with Gasteiger partial charge in [-0.2, -0.15) is 0 Å². The number of nitrogens with zero attached hydrogens (tertiary/aromatic N) is 1. The van der Waals surface area contributed by atoms with E-state index in [2.05, 4.69) is 18.7 Å². The topological polar surface area (TPSA) is 29.5 Å².